The van der Waals surface area contributed by atoms with Crippen LogP contribution in [0.1, 0.15) is 24.3 Å². The number of nitrogens with one attached hydrogen (secondary N) is 2. The topological polar surface area (TPSA) is 89.0 Å². The molecule has 0 fully saturated rings. The number of rotatable bonds is 7. The second-order valence-corrected chi connectivity index (χ2v) is 5.33. The Morgan fingerprint density at radius 1 is 1.23 bits per heavy atom. The Morgan fingerprint density at radius 3 is 2.62 bits per heavy atom. The van der Waals surface area contributed by atoms with Crippen molar-refractivity contribution in [2.45, 2.75) is 32.7 Å². The van der Waals surface area contributed by atoms with Gasteiger partial charge in [-0.05, 0) is 19.9 Å². The number of anilines is 2. The SMILES string of the molecule is CC(C)Nc1nccc(C(=O)Nc2cnc(F)cc2OC(F)C(F)F)n1. The van der Waals surface area contributed by atoms with E-state index in [9.17, 15) is 22.4 Å². The highest BCUT2D eigenvalue weighted by Crippen LogP contribution is 2.27. The van der Waals surface area contributed by atoms with E-state index in [-0.39, 0.29) is 23.4 Å². The average Bonchev–Trinajstić information content (AvgIpc) is 2.56. The predicted octanol–water partition coefficient (Wildman–Crippen LogP) is 3.02. The van der Waals surface area contributed by atoms with Crippen molar-refractivity contribution < 1.29 is 27.1 Å². The summed E-state index contributed by atoms with van der Waals surface area (Å²) in [6.07, 6.45) is -4.29. The molecule has 2 aromatic rings. The largest absolute Gasteiger partial charge is 0.452 e. The second kappa shape index (κ2) is 8.41. The molecule has 2 aromatic heterocycles. The van der Waals surface area contributed by atoms with E-state index in [1.165, 1.54) is 12.3 Å². The minimum Gasteiger partial charge on any atom is -0.452 e. The molecule has 26 heavy (non-hydrogen) atoms. The second-order valence-electron chi connectivity index (χ2n) is 5.33. The van der Waals surface area contributed by atoms with Crippen LogP contribution in [0.4, 0.5) is 29.2 Å². The Kier molecular flexibility index (Phi) is 6.26. The fraction of sp³-hybridized carbons (Fsp3) is 0.333. The quantitative estimate of drug-likeness (QED) is 0.573. The lowest BCUT2D eigenvalue weighted by Crippen LogP contribution is -2.22. The van der Waals surface area contributed by atoms with Crippen LogP contribution in [0.3, 0.4) is 0 Å². The number of carbonyl (C=O) groups is 1. The monoisotopic (exact) mass is 373 g/mol. The van der Waals surface area contributed by atoms with Gasteiger partial charge in [-0.25, -0.2) is 23.7 Å². The zero-order chi connectivity index (χ0) is 19.3. The van der Waals surface area contributed by atoms with Crippen molar-refractivity contribution in [3.8, 4) is 5.75 Å². The number of pyridine rings is 1. The van der Waals surface area contributed by atoms with E-state index < -0.39 is 30.4 Å². The molecule has 2 heterocycles. The summed E-state index contributed by atoms with van der Waals surface area (Å²) in [4.78, 5) is 23.5. The van der Waals surface area contributed by atoms with Gasteiger partial charge in [-0.3, -0.25) is 4.79 Å². The number of halogens is 4. The Labute approximate surface area is 145 Å². The molecule has 140 valence electrons. The van der Waals surface area contributed by atoms with E-state index in [1.54, 1.807) is 0 Å². The normalized spacial score (nSPS) is 12.2. The van der Waals surface area contributed by atoms with E-state index in [0.29, 0.717) is 6.07 Å². The zero-order valence-corrected chi connectivity index (χ0v) is 13.7. The van der Waals surface area contributed by atoms with E-state index in [1.807, 2.05) is 13.8 Å². The summed E-state index contributed by atoms with van der Waals surface area (Å²) in [5.41, 5.74) is -0.360. The molecule has 0 saturated heterocycles. The molecular weight excluding hydrogens is 358 g/mol. The predicted molar refractivity (Wildman–Crippen MR) is 84.5 cm³/mol. The van der Waals surface area contributed by atoms with Gasteiger partial charge in [0.15, 0.2) is 5.75 Å². The third kappa shape index (κ3) is 5.26. The number of amides is 1. The van der Waals surface area contributed by atoms with Gasteiger partial charge in [0, 0.05) is 18.3 Å². The third-order valence-corrected chi connectivity index (χ3v) is 2.82. The number of nitrogens with zero attached hydrogens (tertiary/aromatic N) is 3. The fourth-order valence-electron chi connectivity index (χ4n) is 1.78. The molecule has 0 aliphatic rings. The summed E-state index contributed by atoms with van der Waals surface area (Å²) in [6, 6.07) is 1.90. The lowest BCUT2D eigenvalue weighted by molar-refractivity contribution is -0.0666. The maximum atomic E-state index is 13.2. The van der Waals surface area contributed by atoms with Gasteiger partial charge in [-0.15, -0.1) is 0 Å². The van der Waals surface area contributed by atoms with Gasteiger partial charge in [-0.1, -0.05) is 0 Å². The van der Waals surface area contributed by atoms with Crippen molar-refractivity contribution >= 4 is 17.5 Å². The number of aromatic nitrogens is 3. The van der Waals surface area contributed by atoms with Crippen LogP contribution in [-0.4, -0.2) is 39.7 Å². The molecule has 1 atom stereocenters. The van der Waals surface area contributed by atoms with Crippen molar-refractivity contribution in [2.24, 2.45) is 0 Å². The lowest BCUT2D eigenvalue weighted by Gasteiger charge is -2.14. The Balaban J connectivity index is 2.21. The first-order valence-corrected chi connectivity index (χ1v) is 7.41. The van der Waals surface area contributed by atoms with Gasteiger partial charge in [0.05, 0.1) is 6.20 Å². The van der Waals surface area contributed by atoms with Gasteiger partial charge >= 0.3 is 6.43 Å². The molecule has 0 bridgehead atoms. The van der Waals surface area contributed by atoms with Crippen LogP contribution < -0.4 is 15.4 Å². The highest BCUT2D eigenvalue weighted by molar-refractivity contribution is 6.03. The first-order chi connectivity index (χ1) is 12.3. The highest BCUT2D eigenvalue weighted by atomic mass is 19.3. The first kappa shape index (κ1) is 19.3. The summed E-state index contributed by atoms with van der Waals surface area (Å²) >= 11 is 0. The van der Waals surface area contributed by atoms with Crippen LogP contribution in [-0.2, 0) is 0 Å². The summed E-state index contributed by atoms with van der Waals surface area (Å²) in [5.74, 6) is -2.30. The molecule has 0 aromatic carbocycles. The first-order valence-electron chi connectivity index (χ1n) is 7.41. The molecule has 0 aliphatic carbocycles. The zero-order valence-electron chi connectivity index (χ0n) is 13.7. The number of carbonyl (C=O) groups excluding carboxylic acids is 1. The maximum Gasteiger partial charge on any atom is 0.304 e. The van der Waals surface area contributed by atoms with Crippen molar-refractivity contribution in [3.05, 3.63) is 36.2 Å². The lowest BCUT2D eigenvalue weighted by atomic mass is 10.3. The molecule has 0 spiro atoms. The Bertz CT molecular complexity index is 775. The van der Waals surface area contributed by atoms with Crippen LogP contribution in [0.25, 0.3) is 0 Å². The van der Waals surface area contributed by atoms with Gasteiger partial charge < -0.3 is 15.4 Å². The fourth-order valence-corrected chi connectivity index (χ4v) is 1.78. The van der Waals surface area contributed by atoms with Gasteiger partial charge in [0.25, 0.3) is 12.3 Å². The number of hydrogen-bond donors (Lipinski definition) is 2. The summed E-state index contributed by atoms with van der Waals surface area (Å²) in [6.45, 7) is 3.70. The summed E-state index contributed by atoms with van der Waals surface area (Å²) in [7, 11) is 0. The van der Waals surface area contributed by atoms with Gasteiger partial charge in [-0.2, -0.15) is 8.78 Å². The van der Waals surface area contributed by atoms with Crippen LogP contribution in [0.5, 0.6) is 5.75 Å². The molecule has 2 rings (SSSR count). The molecule has 1 amide bonds. The van der Waals surface area contributed by atoms with Crippen molar-refractivity contribution in [1.29, 1.82) is 0 Å². The Hall–Kier alpha value is -2.98. The Morgan fingerprint density at radius 2 is 1.96 bits per heavy atom. The molecule has 0 saturated carbocycles. The maximum absolute atomic E-state index is 13.2. The highest BCUT2D eigenvalue weighted by Gasteiger charge is 2.23. The van der Waals surface area contributed by atoms with Crippen LogP contribution in [0, 0.1) is 5.95 Å². The van der Waals surface area contributed by atoms with Gasteiger partial charge in [0.2, 0.25) is 11.9 Å². The van der Waals surface area contributed by atoms with E-state index in [4.69, 9.17) is 0 Å². The molecule has 11 heteroatoms. The molecule has 0 aliphatic heterocycles. The van der Waals surface area contributed by atoms with Gasteiger partial charge in [0.1, 0.15) is 11.4 Å². The molecule has 0 radical (unpaired) electrons. The summed E-state index contributed by atoms with van der Waals surface area (Å²) in [5, 5.41) is 5.16. The van der Waals surface area contributed by atoms with Crippen LogP contribution in [0.2, 0.25) is 0 Å². The van der Waals surface area contributed by atoms with Crippen LogP contribution in [0.15, 0.2) is 24.5 Å². The number of ether oxygens (including phenoxy) is 1. The molecule has 7 nitrogen and oxygen atoms in total. The molecule has 1 unspecified atom stereocenters. The third-order valence-electron chi connectivity index (χ3n) is 2.82. The molecule has 2 N–H and O–H groups in total. The summed E-state index contributed by atoms with van der Waals surface area (Å²) < 4.78 is 55.2. The van der Waals surface area contributed by atoms with E-state index in [2.05, 4.69) is 30.3 Å². The standard InChI is InChI=1S/C15H15F4N5O2/c1-7(2)22-15-20-4-3-8(24-15)14(25)23-9-6-21-11(16)5-10(9)26-13(19)12(17)18/h3-7,12-13H,1-2H3,(H,23,25)(H,20,22,24). The number of hydrogen-bond acceptors (Lipinski definition) is 6. The number of alkyl halides is 3. The minimum absolute atomic E-state index is 0.0189. The molecular formula is C15H15F4N5O2. The van der Waals surface area contributed by atoms with Crippen molar-refractivity contribution in [2.75, 3.05) is 10.6 Å². The van der Waals surface area contributed by atoms with Crippen molar-refractivity contribution in [3.63, 3.8) is 0 Å². The van der Waals surface area contributed by atoms with Crippen molar-refractivity contribution in [1.82, 2.24) is 15.0 Å². The average molecular weight is 373 g/mol. The van der Waals surface area contributed by atoms with E-state index >= 15 is 0 Å². The smallest absolute Gasteiger partial charge is 0.304 e. The van der Waals surface area contributed by atoms with E-state index in [0.717, 1.165) is 6.20 Å². The minimum atomic E-state index is -3.44. The van der Waals surface area contributed by atoms with Crippen LogP contribution >= 0.6 is 0 Å².